The molecule has 0 atom stereocenters. The Bertz CT molecular complexity index is 1460. The molecule has 0 spiro atoms. The Morgan fingerprint density at radius 2 is 1.61 bits per heavy atom. The summed E-state index contributed by atoms with van der Waals surface area (Å²) >= 11 is 0. The van der Waals surface area contributed by atoms with Gasteiger partial charge >= 0.3 is 0 Å². The number of fused-ring (bicyclic) bond motifs is 1. The minimum absolute atomic E-state index is 0.0237. The second kappa shape index (κ2) is 8.35. The number of rotatable bonds is 5. The second-order valence-electron chi connectivity index (χ2n) is 7.88. The van der Waals surface area contributed by atoms with E-state index < -0.39 is 5.82 Å². The molecule has 33 heavy (non-hydrogen) atoms. The number of aromatic amines is 1. The Labute approximate surface area is 188 Å². The van der Waals surface area contributed by atoms with Gasteiger partial charge in [-0.2, -0.15) is 0 Å². The molecule has 0 fully saturated rings. The number of halogens is 2. The lowest BCUT2D eigenvalue weighted by molar-refractivity contribution is 0.627. The Balaban J connectivity index is 1.67. The average molecular weight is 442 g/mol. The smallest absolute Gasteiger partial charge is 0.278 e. The number of imidazole rings is 1. The molecule has 0 radical (unpaired) electrons. The van der Waals surface area contributed by atoms with Crippen molar-refractivity contribution in [1.82, 2.24) is 14.5 Å². The van der Waals surface area contributed by atoms with Crippen LogP contribution in [-0.4, -0.2) is 14.5 Å². The highest BCUT2D eigenvalue weighted by Crippen LogP contribution is 2.28. The fourth-order valence-electron chi connectivity index (χ4n) is 3.91. The molecule has 3 N–H and O–H groups in total. The number of nitrogens with two attached hydrogens (primary N) is 1. The number of hydrogen-bond donors (Lipinski definition) is 2. The van der Waals surface area contributed by atoms with Gasteiger partial charge in [0.1, 0.15) is 11.5 Å². The Kier molecular flexibility index (Phi) is 5.22. The van der Waals surface area contributed by atoms with E-state index in [9.17, 15) is 13.6 Å². The molecule has 0 aliphatic carbocycles. The highest BCUT2D eigenvalue weighted by atomic mass is 19.1. The van der Waals surface area contributed by atoms with Gasteiger partial charge in [0.25, 0.3) is 5.56 Å². The third kappa shape index (κ3) is 4.01. The summed E-state index contributed by atoms with van der Waals surface area (Å²) in [5, 5.41) is 0. The van der Waals surface area contributed by atoms with Crippen molar-refractivity contribution in [3.05, 3.63) is 123 Å². The van der Waals surface area contributed by atoms with Crippen molar-refractivity contribution in [2.24, 2.45) is 0 Å². The van der Waals surface area contributed by atoms with Gasteiger partial charge in [0.15, 0.2) is 11.6 Å². The van der Waals surface area contributed by atoms with Crippen molar-refractivity contribution < 1.29 is 8.78 Å². The molecule has 5 nitrogen and oxygen atoms in total. The molecule has 3 aromatic carbocycles. The summed E-state index contributed by atoms with van der Waals surface area (Å²) in [7, 11) is 0. The maximum Gasteiger partial charge on any atom is 0.278 e. The van der Waals surface area contributed by atoms with Crippen LogP contribution in [0.2, 0.25) is 0 Å². The molecule has 0 bridgehead atoms. The number of anilines is 1. The number of nitrogens with zero attached hydrogens (tertiary/aromatic N) is 2. The summed E-state index contributed by atoms with van der Waals surface area (Å²) in [6.07, 6.45) is 2.27. The topological polar surface area (TPSA) is 76.7 Å². The lowest BCUT2D eigenvalue weighted by atomic mass is 10.1. The SMILES string of the molecule is Nc1cccc(-c2cn3c(=O)c(Cc4ccc(F)cc4)nc-3c(Cc3ccccc3)[nH]2)c1F. The van der Waals surface area contributed by atoms with E-state index >= 15 is 0 Å². The molecule has 3 aromatic rings. The minimum atomic E-state index is -0.558. The van der Waals surface area contributed by atoms with Crippen LogP contribution in [0.25, 0.3) is 17.1 Å². The molecule has 164 valence electrons. The van der Waals surface area contributed by atoms with Gasteiger partial charge in [0.05, 0.1) is 17.1 Å². The van der Waals surface area contributed by atoms with E-state index in [1.54, 1.807) is 30.5 Å². The van der Waals surface area contributed by atoms with Crippen LogP contribution in [0.4, 0.5) is 14.5 Å². The quantitative estimate of drug-likeness (QED) is 0.387. The van der Waals surface area contributed by atoms with E-state index in [1.807, 2.05) is 30.3 Å². The van der Waals surface area contributed by atoms with Gasteiger partial charge in [0.2, 0.25) is 0 Å². The highest BCUT2D eigenvalue weighted by Gasteiger charge is 2.21. The molecule has 0 unspecified atom stereocenters. The first-order valence-electron chi connectivity index (χ1n) is 10.5. The first-order chi connectivity index (χ1) is 16.0. The zero-order chi connectivity index (χ0) is 22.9. The summed E-state index contributed by atoms with van der Waals surface area (Å²) in [5.41, 5.74) is 8.95. The number of aromatic nitrogens is 3. The van der Waals surface area contributed by atoms with Gasteiger partial charge in [-0.3, -0.25) is 9.36 Å². The fraction of sp³-hybridized carbons (Fsp3) is 0.0769. The van der Waals surface area contributed by atoms with Crippen LogP contribution in [0, 0.1) is 11.6 Å². The molecule has 0 aromatic heterocycles. The number of H-pyrrole nitrogens is 1. The monoisotopic (exact) mass is 442 g/mol. The van der Waals surface area contributed by atoms with Crippen molar-refractivity contribution in [2.45, 2.75) is 12.8 Å². The van der Waals surface area contributed by atoms with E-state index in [2.05, 4.69) is 9.97 Å². The number of benzene rings is 3. The van der Waals surface area contributed by atoms with E-state index in [4.69, 9.17) is 5.73 Å². The molecule has 7 heteroatoms. The molecule has 0 saturated heterocycles. The van der Waals surface area contributed by atoms with E-state index in [-0.39, 0.29) is 29.0 Å². The van der Waals surface area contributed by atoms with Crippen molar-refractivity contribution in [1.29, 1.82) is 0 Å². The van der Waals surface area contributed by atoms with Crippen LogP contribution in [0.1, 0.15) is 22.5 Å². The van der Waals surface area contributed by atoms with Crippen molar-refractivity contribution in [3.63, 3.8) is 0 Å². The Morgan fingerprint density at radius 1 is 0.879 bits per heavy atom. The van der Waals surface area contributed by atoms with Gasteiger partial charge in [-0.05, 0) is 35.4 Å². The zero-order valence-electron chi connectivity index (χ0n) is 17.6. The number of hydrogen-bond acceptors (Lipinski definition) is 3. The minimum Gasteiger partial charge on any atom is -0.396 e. The standard InChI is InChI=1S/C26H20F2N4O/c27-18-11-9-17(10-12-18)14-22-26(33)32-15-23(19-7-4-8-20(29)24(19)28)30-21(25(32)31-22)13-16-5-2-1-3-6-16/h1-12,15,30H,13-14,29H2. The summed E-state index contributed by atoms with van der Waals surface area (Å²) < 4.78 is 29.5. The molecular weight excluding hydrogens is 422 g/mol. The van der Waals surface area contributed by atoms with Crippen LogP contribution in [-0.2, 0) is 12.8 Å². The zero-order valence-corrected chi connectivity index (χ0v) is 17.6. The van der Waals surface area contributed by atoms with Gasteiger partial charge in [-0.15, -0.1) is 0 Å². The Morgan fingerprint density at radius 3 is 2.36 bits per heavy atom. The maximum absolute atomic E-state index is 14.8. The largest absolute Gasteiger partial charge is 0.396 e. The Hall–Kier alpha value is -4.26. The third-order valence-electron chi connectivity index (χ3n) is 5.58. The second-order valence-corrected chi connectivity index (χ2v) is 7.88. The van der Waals surface area contributed by atoms with Crippen molar-refractivity contribution in [2.75, 3.05) is 5.73 Å². The lowest BCUT2D eigenvalue weighted by Gasteiger charge is -2.14. The molecule has 0 amide bonds. The number of nitrogens with one attached hydrogen (secondary N) is 1. The molecule has 5 rings (SSSR count). The van der Waals surface area contributed by atoms with E-state index in [0.29, 0.717) is 29.3 Å². The molecule has 2 aliphatic heterocycles. The highest BCUT2D eigenvalue weighted by molar-refractivity contribution is 5.66. The van der Waals surface area contributed by atoms with Crippen molar-refractivity contribution in [3.8, 4) is 17.1 Å². The average Bonchev–Trinajstić information content (AvgIpc) is 3.13. The van der Waals surface area contributed by atoms with Crippen LogP contribution in [0.15, 0.2) is 83.8 Å². The molecular formula is C26H20F2N4O. The van der Waals surface area contributed by atoms with Crippen LogP contribution >= 0.6 is 0 Å². The van der Waals surface area contributed by atoms with E-state index in [0.717, 1.165) is 11.1 Å². The lowest BCUT2D eigenvalue weighted by Crippen LogP contribution is -2.18. The maximum atomic E-state index is 14.8. The van der Waals surface area contributed by atoms with Gasteiger partial charge in [0, 0.05) is 24.6 Å². The van der Waals surface area contributed by atoms with Crippen LogP contribution in [0.3, 0.4) is 0 Å². The van der Waals surface area contributed by atoms with Crippen molar-refractivity contribution >= 4 is 5.69 Å². The number of nitrogen functional groups attached to an aromatic ring is 1. The first-order valence-corrected chi connectivity index (χ1v) is 10.5. The van der Waals surface area contributed by atoms with Crippen LogP contribution in [0.5, 0.6) is 0 Å². The molecule has 2 heterocycles. The summed E-state index contributed by atoms with van der Waals surface area (Å²) in [5.74, 6) is -0.434. The van der Waals surface area contributed by atoms with Gasteiger partial charge in [-0.1, -0.05) is 48.5 Å². The summed E-state index contributed by atoms with van der Waals surface area (Å²) in [6.45, 7) is 0. The predicted octanol–water partition coefficient (Wildman–Crippen LogP) is 4.71. The van der Waals surface area contributed by atoms with Crippen LogP contribution < -0.4 is 11.3 Å². The fourth-order valence-corrected chi connectivity index (χ4v) is 3.91. The van der Waals surface area contributed by atoms with Gasteiger partial charge in [-0.25, -0.2) is 13.8 Å². The summed E-state index contributed by atoms with van der Waals surface area (Å²) in [6, 6.07) is 20.4. The molecule has 0 saturated carbocycles. The molecule has 2 aliphatic rings. The predicted molar refractivity (Wildman–Crippen MR) is 124 cm³/mol. The van der Waals surface area contributed by atoms with E-state index in [1.165, 1.54) is 22.8 Å². The first kappa shape index (κ1) is 20.6. The van der Waals surface area contributed by atoms with Gasteiger partial charge < -0.3 is 10.7 Å². The summed E-state index contributed by atoms with van der Waals surface area (Å²) in [4.78, 5) is 21.1. The normalized spacial score (nSPS) is 11.2. The third-order valence-corrected chi connectivity index (χ3v) is 5.58.